The molecule has 0 unspecified atom stereocenters. The molecule has 0 bridgehead atoms. The van der Waals surface area contributed by atoms with E-state index in [2.05, 4.69) is 4.74 Å². The average molecular weight is 404 g/mol. The van der Waals surface area contributed by atoms with E-state index in [9.17, 15) is 14.7 Å². The number of carbonyl (C=O) groups excluding carboxylic acids is 2. The number of fused-ring (bicyclic) bond motifs is 1. The third-order valence-corrected chi connectivity index (χ3v) is 4.63. The number of ether oxygens (including phenoxy) is 2. The van der Waals surface area contributed by atoms with Crippen LogP contribution in [0, 0.1) is 22.7 Å². The molecule has 1 aliphatic heterocycles. The lowest BCUT2D eigenvalue weighted by atomic mass is 10.0. The van der Waals surface area contributed by atoms with Gasteiger partial charge in [0.05, 0.1) is 23.8 Å². The standard InChI is InChI=1S/C22H17N3O5/c1-29-22(28)15-4-2-14(3-5-15)12-19-20(27)16-6-7-18(26)17(21(16)30-19)13-25(10-8-23)11-9-24/h2-7,12,26H,10-11,13H2,1H3/p+1/b19-12-. The van der Waals surface area contributed by atoms with E-state index in [1.807, 2.05) is 12.1 Å². The molecule has 3 rings (SSSR count). The molecule has 0 radical (unpaired) electrons. The summed E-state index contributed by atoms with van der Waals surface area (Å²) in [6.45, 7) is 0.296. The Labute approximate surface area is 172 Å². The van der Waals surface area contributed by atoms with Crippen LogP contribution in [-0.4, -0.2) is 37.1 Å². The second-order valence-corrected chi connectivity index (χ2v) is 6.59. The number of nitriles is 2. The Kier molecular flexibility index (Phi) is 6.11. The minimum absolute atomic E-state index is 0.0693. The summed E-state index contributed by atoms with van der Waals surface area (Å²) in [5.41, 5.74) is 1.69. The average Bonchev–Trinajstić information content (AvgIpc) is 3.06. The molecule has 2 aromatic rings. The van der Waals surface area contributed by atoms with Crippen molar-refractivity contribution in [3.63, 3.8) is 0 Å². The summed E-state index contributed by atoms with van der Waals surface area (Å²) in [5, 5.41) is 28.2. The fourth-order valence-electron chi connectivity index (χ4n) is 3.11. The number of carbonyl (C=O) groups is 2. The maximum absolute atomic E-state index is 12.8. The number of phenols is 1. The van der Waals surface area contributed by atoms with Gasteiger partial charge in [-0.05, 0) is 35.9 Å². The van der Waals surface area contributed by atoms with Gasteiger partial charge in [-0.2, -0.15) is 10.5 Å². The van der Waals surface area contributed by atoms with Crippen LogP contribution in [0.15, 0.2) is 42.2 Å². The summed E-state index contributed by atoms with van der Waals surface area (Å²) >= 11 is 0. The van der Waals surface area contributed by atoms with E-state index in [0.29, 0.717) is 27.2 Å². The van der Waals surface area contributed by atoms with Crippen molar-refractivity contribution >= 4 is 17.8 Å². The van der Waals surface area contributed by atoms with Crippen molar-refractivity contribution in [3.8, 4) is 23.6 Å². The third kappa shape index (κ3) is 4.14. The number of nitrogens with zero attached hydrogens (tertiary/aromatic N) is 2. The topological polar surface area (TPSA) is 125 Å². The molecule has 150 valence electrons. The molecule has 0 saturated heterocycles. The first-order valence-electron chi connectivity index (χ1n) is 9.03. The van der Waals surface area contributed by atoms with Gasteiger partial charge >= 0.3 is 5.97 Å². The first-order valence-corrected chi connectivity index (χ1v) is 9.03. The Balaban J connectivity index is 1.91. The predicted molar refractivity (Wildman–Crippen MR) is 104 cm³/mol. The van der Waals surface area contributed by atoms with E-state index in [0.717, 1.165) is 0 Å². The largest absolute Gasteiger partial charge is 0.507 e. The van der Waals surface area contributed by atoms with E-state index < -0.39 is 5.97 Å². The number of hydrogen-bond acceptors (Lipinski definition) is 7. The molecule has 2 N–H and O–H groups in total. The predicted octanol–water partition coefficient (Wildman–Crippen LogP) is 1.23. The molecule has 2 aromatic carbocycles. The number of rotatable bonds is 6. The number of Topliss-reactive ketones (excluding diaryl/α,β-unsaturated/α-hetero) is 1. The monoisotopic (exact) mass is 404 g/mol. The smallest absolute Gasteiger partial charge is 0.337 e. The van der Waals surface area contributed by atoms with Gasteiger partial charge in [-0.15, -0.1) is 0 Å². The molecule has 0 atom stereocenters. The van der Waals surface area contributed by atoms with Crippen LogP contribution in [0.5, 0.6) is 11.5 Å². The van der Waals surface area contributed by atoms with Crippen molar-refractivity contribution in [2.45, 2.75) is 6.54 Å². The van der Waals surface area contributed by atoms with Crippen molar-refractivity contribution in [2.75, 3.05) is 20.2 Å². The van der Waals surface area contributed by atoms with Gasteiger partial charge in [0, 0.05) is 0 Å². The van der Waals surface area contributed by atoms with Gasteiger partial charge in [-0.25, -0.2) is 4.79 Å². The number of benzene rings is 2. The molecular formula is C22H18N3O5+. The van der Waals surface area contributed by atoms with Gasteiger partial charge in [-0.1, -0.05) is 12.1 Å². The molecule has 8 nitrogen and oxygen atoms in total. The quantitative estimate of drug-likeness (QED) is 0.421. The Morgan fingerprint density at radius 1 is 1.17 bits per heavy atom. The number of hydrogen-bond donors (Lipinski definition) is 2. The van der Waals surface area contributed by atoms with Crippen LogP contribution in [0.3, 0.4) is 0 Å². The molecule has 0 aliphatic carbocycles. The van der Waals surface area contributed by atoms with Gasteiger partial charge in [0.25, 0.3) is 0 Å². The number of ketones is 1. The molecule has 0 fully saturated rings. The molecule has 0 spiro atoms. The SMILES string of the molecule is COC(=O)c1ccc(/C=C2\Oc3c(ccc(O)c3C[NH+](CC#N)CC#N)C2=O)cc1. The fraction of sp³-hybridized carbons (Fsp3) is 0.182. The maximum atomic E-state index is 12.8. The van der Waals surface area contributed by atoms with Gasteiger partial charge in [-0.3, -0.25) is 4.79 Å². The molecule has 0 aromatic heterocycles. The van der Waals surface area contributed by atoms with Crippen molar-refractivity contribution in [2.24, 2.45) is 0 Å². The lowest BCUT2D eigenvalue weighted by Crippen LogP contribution is -3.10. The number of methoxy groups -OCH3 is 1. The molecule has 1 heterocycles. The Hall–Kier alpha value is -4.14. The number of aromatic hydroxyl groups is 1. The second kappa shape index (κ2) is 8.91. The number of esters is 1. The van der Waals surface area contributed by atoms with E-state index in [1.165, 1.54) is 19.2 Å². The highest BCUT2D eigenvalue weighted by Crippen LogP contribution is 2.39. The van der Waals surface area contributed by atoms with Crippen LogP contribution >= 0.6 is 0 Å². The summed E-state index contributed by atoms with van der Waals surface area (Å²) in [4.78, 5) is 24.9. The molecular weight excluding hydrogens is 386 g/mol. The van der Waals surface area contributed by atoms with Crippen LogP contribution < -0.4 is 9.64 Å². The van der Waals surface area contributed by atoms with Crippen molar-refractivity contribution in [1.82, 2.24) is 0 Å². The molecule has 1 aliphatic rings. The van der Waals surface area contributed by atoms with Crippen molar-refractivity contribution in [1.29, 1.82) is 10.5 Å². The maximum Gasteiger partial charge on any atom is 0.337 e. The summed E-state index contributed by atoms with van der Waals surface area (Å²) in [6, 6.07) is 13.4. The zero-order chi connectivity index (χ0) is 21.7. The zero-order valence-electron chi connectivity index (χ0n) is 16.1. The Morgan fingerprint density at radius 2 is 1.83 bits per heavy atom. The number of allylic oxidation sites excluding steroid dienone is 1. The normalized spacial score (nSPS) is 13.5. The first kappa shape index (κ1) is 20.6. The summed E-state index contributed by atoms with van der Waals surface area (Å²) in [6.07, 6.45) is 1.54. The Bertz CT molecular complexity index is 1090. The highest BCUT2D eigenvalue weighted by Gasteiger charge is 2.32. The lowest BCUT2D eigenvalue weighted by Gasteiger charge is -2.15. The molecule has 30 heavy (non-hydrogen) atoms. The molecule has 8 heteroatoms. The first-order chi connectivity index (χ1) is 14.5. The van der Waals surface area contributed by atoms with Crippen molar-refractivity contribution < 1.29 is 29.1 Å². The van der Waals surface area contributed by atoms with Gasteiger partial charge in [0.1, 0.15) is 24.4 Å². The van der Waals surface area contributed by atoms with Gasteiger partial charge in [0.2, 0.25) is 5.78 Å². The van der Waals surface area contributed by atoms with Crippen molar-refractivity contribution in [3.05, 3.63) is 64.4 Å². The van der Waals surface area contributed by atoms with E-state index in [4.69, 9.17) is 15.3 Å². The highest BCUT2D eigenvalue weighted by molar-refractivity contribution is 6.15. The second-order valence-electron chi connectivity index (χ2n) is 6.59. The summed E-state index contributed by atoms with van der Waals surface area (Å²) in [5.74, 6) is -0.573. The third-order valence-electron chi connectivity index (χ3n) is 4.63. The lowest BCUT2D eigenvalue weighted by molar-refractivity contribution is -0.899. The number of nitrogens with one attached hydrogen (secondary N) is 1. The molecule has 0 amide bonds. The van der Waals surface area contributed by atoms with Crippen LogP contribution in [0.2, 0.25) is 0 Å². The number of phenolic OH excluding ortho intramolecular Hbond substituents is 1. The van der Waals surface area contributed by atoms with Gasteiger partial charge in [0.15, 0.2) is 24.6 Å². The fourth-order valence-corrected chi connectivity index (χ4v) is 3.11. The van der Waals surface area contributed by atoms with E-state index in [-0.39, 0.29) is 42.7 Å². The summed E-state index contributed by atoms with van der Waals surface area (Å²) in [7, 11) is 1.30. The minimum atomic E-state index is -0.461. The highest BCUT2D eigenvalue weighted by atomic mass is 16.5. The molecule has 0 saturated carbocycles. The van der Waals surface area contributed by atoms with Crippen LogP contribution in [0.4, 0.5) is 0 Å². The minimum Gasteiger partial charge on any atom is -0.507 e. The van der Waals surface area contributed by atoms with E-state index >= 15 is 0 Å². The van der Waals surface area contributed by atoms with Crippen LogP contribution in [0.25, 0.3) is 6.08 Å². The van der Waals surface area contributed by atoms with Gasteiger partial charge < -0.3 is 19.5 Å². The van der Waals surface area contributed by atoms with E-state index in [1.54, 1.807) is 30.3 Å². The Morgan fingerprint density at radius 3 is 2.43 bits per heavy atom. The van der Waals surface area contributed by atoms with Crippen LogP contribution in [0.1, 0.15) is 31.8 Å². The van der Waals surface area contributed by atoms with Crippen LogP contribution in [-0.2, 0) is 11.3 Å². The zero-order valence-corrected chi connectivity index (χ0v) is 16.1. The number of quaternary nitrogens is 1. The summed E-state index contributed by atoms with van der Waals surface area (Å²) < 4.78 is 10.4.